The van der Waals surface area contributed by atoms with Crippen LogP contribution < -0.4 is 16.0 Å². The zero-order valence-electron chi connectivity index (χ0n) is 15.1. The fourth-order valence-corrected chi connectivity index (χ4v) is 4.02. The van der Waals surface area contributed by atoms with Gasteiger partial charge in [0.25, 0.3) is 0 Å². The topological polar surface area (TPSA) is 96.5 Å². The lowest BCUT2D eigenvalue weighted by Crippen LogP contribution is -2.49. The lowest BCUT2D eigenvalue weighted by Gasteiger charge is -2.22. The Morgan fingerprint density at radius 1 is 1.38 bits per heavy atom. The summed E-state index contributed by atoms with van der Waals surface area (Å²) in [6.07, 6.45) is 11.1. The van der Waals surface area contributed by atoms with Crippen LogP contribution in [-0.4, -0.2) is 50.1 Å². The van der Waals surface area contributed by atoms with Crippen molar-refractivity contribution in [1.29, 1.82) is 0 Å². The minimum Gasteiger partial charge on any atom is -0.467 e. The van der Waals surface area contributed by atoms with Crippen LogP contribution in [0.4, 0.5) is 0 Å². The zero-order chi connectivity index (χ0) is 18.5. The molecule has 0 saturated carbocycles. The van der Waals surface area contributed by atoms with Crippen LogP contribution in [0.15, 0.2) is 24.3 Å². The lowest BCUT2D eigenvalue weighted by atomic mass is 9.85. The lowest BCUT2D eigenvalue weighted by molar-refractivity contribution is -0.146. The molecule has 142 valence electrons. The van der Waals surface area contributed by atoms with Gasteiger partial charge in [0.15, 0.2) is 0 Å². The van der Waals surface area contributed by atoms with Crippen LogP contribution >= 0.6 is 0 Å². The third kappa shape index (κ3) is 4.33. The predicted octanol–water partition coefficient (Wildman–Crippen LogP) is 0.281. The van der Waals surface area contributed by atoms with E-state index in [1.807, 2.05) is 6.08 Å². The maximum absolute atomic E-state index is 12.6. The highest BCUT2D eigenvalue weighted by atomic mass is 16.5. The third-order valence-corrected chi connectivity index (χ3v) is 5.59. The van der Waals surface area contributed by atoms with Gasteiger partial charge in [-0.05, 0) is 44.1 Å². The van der Waals surface area contributed by atoms with Crippen molar-refractivity contribution in [3.63, 3.8) is 0 Å². The number of hydrogen-bond donors (Lipinski definition) is 3. The fourth-order valence-electron chi connectivity index (χ4n) is 4.02. The van der Waals surface area contributed by atoms with Gasteiger partial charge in [-0.15, -0.1) is 0 Å². The molecular weight excluding hydrogens is 334 g/mol. The van der Waals surface area contributed by atoms with E-state index in [-0.39, 0.29) is 30.2 Å². The van der Waals surface area contributed by atoms with E-state index in [4.69, 9.17) is 4.74 Å². The van der Waals surface area contributed by atoms with Gasteiger partial charge in [0.05, 0.1) is 13.2 Å². The summed E-state index contributed by atoms with van der Waals surface area (Å²) in [5, 5.41) is 8.81. The van der Waals surface area contributed by atoms with E-state index in [2.05, 4.69) is 34.2 Å². The van der Waals surface area contributed by atoms with E-state index >= 15 is 0 Å². The molecule has 0 aromatic rings. The van der Waals surface area contributed by atoms with Crippen molar-refractivity contribution in [3.05, 3.63) is 24.3 Å². The molecule has 3 rings (SSSR count). The van der Waals surface area contributed by atoms with Crippen molar-refractivity contribution in [3.8, 4) is 0 Å². The van der Waals surface area contributed by atoms with Gasteiger partial charge in [-0.1, -0.05) is 24.3 Å². The molecule has 0 aromatic heterocycles. The normalized spacial score (nSPS) is 31.5. The second-order valence-corrected chi connectivity index (χ2v) is 7.27. The second-order valence-electron chi connectivity index (χ2n) is 7.27. The Hall–Kier alpha value is -2.15. The first-order valence-electron chi connectivity index (χ1n) is 9.31. The molecule has 2 saturated heterocycles. The number of hydrogen-bond acceptors (Lipinski definition) is 5. The van der Waals surface area contributed by atoms with Crippen molar-refractivity contribution >= 4 is 17.8 Å². The molecule has 3 N–H and O–H groups in total. The number of ether oxygens (including phenoxy) is 1. The highest BCUT2D eigenvalue weighted by Crippen LogP contribution is 2.28. The Balaban J connectivity index is 1.55. The van der Waals surface area contributed by atoms with Gasteiger partial charge in [-0.3, -0.25) is 9.59 Å². The minimum atomic E-state index is -0.792. The Labute approximate surface area is 153 Å². The van der Waals surface area contributed by atoms with E-state index in [0.29, 0.717) is 24.8 Å². The fraction of sp³-hybridized carbons (Fsp3) is 0.632. The molecule has 1 aliphatic carbocycles. The number of amides is 2. The summed E-state index contributed by atoms with van der Waals surface area (Å²) in [7, 11) is 1.29. The van der Waals surface area contributed by atoms with Gasteiger partial charge in [0, 0.05) is 12.5 Å². The number of carbonyl (C=O) groups excluding carboxylic acids is 3. The molecule has 2 heterocycles. The summed E-state index contributed by atoms with van der Waals surface area (Å²) < 4.78 is 4.82. The molecule has 7 nitrogen and oxygen atoms in total. The van der Waals surface area contributed by atoms with Gasteiger partial charge in [0.2, 0.25) is 11.8 Å². The van der Waals surface area contributed by atoms with Gasteiger partial charge in [0.1, 0.15) is 6.04 Å². The Morgan fingerprint density at radius 3 is 2.88 bits per heavy atom. The second kappa shape index (κ2) is 8.49. The van der Waals surface area contributed by atoms with Crippen LogP contribution in [0.3, 0.4) is 0 Å². The first kappa shape index (κ1) is 18.6. The molecule has 1 unspecified atom stereocenters. The van der Waals surface area contributed by atoms with Crippen LogP contribution in [0.5, 0.6) is 0 Å². The van der Waals surface area contributed by atoms with Crippen molar-refractivity contribution in [1.82, 2.24) is 16.0 Å². The molecule has 2 fully saturated rings. The number of rotatable bonds is 6. The van der Waals surface area contributed by atoms with Crippen LogP contribution in [0, 0.1) is 17.8 Å². The van der Waals surface area contributed by atoms with Gasteiger partial charge < -0.3 is 20.7 Å². The van der Waals surface area contributed by atoms with Crippen molar-refractivity contribution in [2.45, 2.75) is 37.8 Å². The maximum Gasteiger partial charge on any atom is 0.328 e. The average Bonchev–Trinajstić information content (AvgIpc) is 3.31. The van der Waals surface area contributed by atoms with Gasteiger partial charge in [-0.25, -0.2) is 4.79 Å². The zero-order valence-corrected chi connectivity index (χ0v) is 15.1. The van der Waals surface area contributed by atoms with Crippen LogP contribution in [-0.2, 0) is 19.1 Å². The summed E-state index contributed by atoms with van der Waals surface area (Å²) in [4.78, 5) is 36.5. The number of methoxy groups -OCH3 is 1. The van der Waals surface area contributed by atoms with Crippen molar-refractivity contribution < 1.29 is 19.1 Å². The molecule has 7 heteroatoms. The average molecular weight is 361 g/mol. The molecule has 2 amide bonds. The smallest absolute Gasteiger partial charge is 0.328 e. The molecule has 0 radical (unpaired) electrons. The monoisotopic (exact) mass is 361 g/mol. The van der Waals surface area contributed by atoms with Crippen LogP contribution in [0.25, 0.3) is 0 Å². The maximum atomic E-state index is 12.6. The number of carbonyl (C=O) groups is 3. The number of allylic oxidation sites excluding steroid dienone is 4. The molecule has 0 bridgehead atoms. The SMILES string of the molecule is COC(=O)[C@H](C[C@@H]1CCNC1=O)NC(=O)[C@@H]1C[C@@H](C2C=CC=CC2)CN1. The predicted molar refractivity (Wildman–Crippen MR) is 96.0 cm³/mol. The summed E-state index contributed by atoms with van der Waals surface area (Å²) in [6, 6.07) is -1.11. The Bertz CT molecular complexity index is 616. The Kier molecular flexibility index (Phi) is 6.08. The largest absolute Gasteiger partial charge is 0.467 e. The molecule has 3 aliphatic rings. The van der Waals surface area contributed by atoms with Gasteiger partial charge >= 0.3 is 5.97 Å². The molecule has 0 aromatic carbocycles. The van der Waals surface area contributed by atoms with E-state index in [1.165, 1.54) is 7.11 Å². The summed E-state index contributed by atoms with van der Waals surface area (Å²) in [5.41, 5.74) is 0. The molecule has 0 spiro atoms. The van der Waals surface area contributed by atoms with E-state index in [0.717, 1.165) is 19.4 Å². The molecule has 5 atom stereocenters. The van der Waals surface area contributed by atoms with E-state index in [1.54, 1.807) is 0 Å². The molecular formula is C19H27N3O4. The Morgan fingerprint density at radius 2 is 2.23 bits per heavy atom. The van der Waals surface area contributed by atoms with Gasteiger partial charge in [-0.2, -0.15) is 0 Å². The standard InChI is InChI=1S/C19H27N3O4/c1-26-19(25)16(9-13-7-8-20-17(13)23)22-18(24)15-10-14(11-21-15)12-5-3-2-4-6-12/h2-5,12-16,21H,6-11H2,1H3,(H,20,23)(H,22,24)/t12?,13-,14+,15-,16-/m0/s1. The first-order valence-corrected chi connectivity index (χ1v) is 9.31. The third-order valence-electron chi connectivity index (χ3n) is 5.59. The highest BCUT2D eigenvalue weighted by molar-refractivity contribution is 5.88. The summed E-state index contributed by atoms with van der Waals surface area (Å²) in [5.74, 6) is -0.176. The molecule has 2 aliphatic heterocycles. The van der Waals surface area contributed by atoms with Crippen molar-refractivity contribution in [2.24, 2.45) is 17.8 Å². The van der Waals surface area contributed by atoms with E-state index in [9.17, 15) is 14.4 Å². The van der Waals surface area contributed by atoms with Crippen LogP contribution in [0.2, 0.25) is 0 Å². The summed E-state index contributed by atoms with van der Waals surface area (Å²) >= 11 is 0. The number of esters is 1. The number of nitrogens with one attached hydrogen (secondary N) is 3. The highest BCUT2D eigenvalue weighted by Gasteiger charge is 2.36. The quantitative estimate of drug-likeness (QED) is 0.591. The van der Waals surface area contributed by atoms with Crippen molar-refractivity contribution in [2.75, 3.05) is 20.2 Å². The first-order chi connectivity index (χ1) is 12.6. The van der Waals surface area contributed by atoms with Crippen LogP contribution in [0.1, 0.15) is 25.7 Å². The summed E-state index contributed by atoms with van der Waals surface area (Å²) in [6.45, 7) is 1.40. The minimum absolute atomic E-state index is 0.0654. The van der Waals surface area contributed by atoms with E-state index < -0.39 is 12.0 Å². The molecule has 26 heavy (non-hydrogen) atoms.